The van der Waals surface area contributed by atoms with E-state index in [0.29, 0.717) is 24.2 Å². The molecule has 0 radical (unpaired) electrons. The Kier molecular flexibility index (Phi) is 3.64. The quantitative estimate of drug-likeness (QED) is 0.847. The van der Waals surface area contributed by atoms with E-state index in [0.717, 1.165) is 12.8 Å². The van der Waals surface area contributed by atoms with Crippen molar-refractivity contribution in [1.82, 2.24) is 10.5 Å². The number of carbonyl (C=O) groups is 2. The van der Waals surface area contributed by atoms with Gasteiger partial charge in [0.15, 0.2) is 0 Å². The standard InChI is InChI=1S/C12H16N2O4/c1-7-10(6-13-18-7)11(15)14-9-4-2-3-8(5-9)12(16)17/h6,8-9H,2-5H2,1H3,(H,14,15)(H,16,17). The summed E-state index contributed by atoms with van der Waals surface area (Å²) in [5, 5.41) is 15.4. The van der Waals surface area contributed by atoms with E-state index < -0.39 is 5.97 Å². The molecule has 0 aliphatic heterocycles. The van der Waals surface area contributed by atoms with Crippen LogP contribution in [0.15, 0.2) is 10.7 Å². The van der Waals surface area contributed by atoms with Crippen LogP contribution < -0.4 is 5.32 Å². The average molecular weight is 252 g/mol. The van der Waals surface area contributed by atoms with E-state index in [-0.39, 0.29) is 17.9 Å². The van der Waals surface area contributed by atoms with Gasteiger partial charge in [-0.3, -0.25) is 9.59 Å². The van der Waals surface area contributed by atoms with Gasteiger partial charge in [-0.15, -0.1) is 0 Å². The topological polar surface area (TPSA) is 92.4 Å². The first-order chi connectivity index (χ1) is 8.58. The molecular weight excluding hydrogens is 236 g/mol. The molecule has 1 amide bonds. The van der Waals surface area contributed by atoms with Crippen LogP contribution in [0.2, 0.25) is 0 Å². The zero-order valence-electron chi connectivity index (χ0n) is 10.2. The summed E-state index contributed by atoms with van der Waals surface area (Å²) >= 11 is 0. The highest BCUT2D eigenvalue weighted by Gasteiger charge is 2.28. The molecule has 1 saturated carbocycles. The Morgan fingerprint density at radius 1 is 1.50 bits per heavy atom. The van der Waals surface area contributed by atoms with Crippen molar-refractivity contribution in [3.8, 4) is 0 Å². The molecule has 0 spiro atoms. The predicted molar refractivity (Wildman–Crippen MR) is 62.1 cm³/mol. The number of nitrogens with zero attached hydrogens (tertiary/aromatic N) is 1. The second-order valence-corrected chi connectivity index (χ2v) is 4.67. The minimum Gasteiger partial charge on any atom is -0.481 e. The third-order valence-corrected chi connectivity index (χ3v) is 3.35. The van der Waals surface area contributed by atoms with E-state index in [4.69, 9.17) is 9.63 Å². The number of hydrogen-bond donors (Lipinski definition) is 2. The van der Waals surface area contributed by atoms with Crippen molar-refractivity contribution in [2.75, 3.05) is 0 Å². The molecular formula is C12H16N2O4. The molecule has 1 aromatic heterocycles. The van der Waals surface area contributed by atoms with Crippen molar-refractivity contribution in [3.63, 3.8) is 0 Å². The lowest BCUT2D eigenvalue weighted by Gasteiger charge is -2.27. The van der Waals surface area contributed by atoms with Gasteiger partial charge >= 0.3 is 5.97 Å². The second kappa shape index (κ2) is 5.20. The normalized spacial score (nSPS) is 23.6. The van der Waals surface area contributed by atoms with Crippen LogP contribution >= 0.6 is 0 Å². The molecule has 2 N–H and O–H groups in total. The van der Waals surface area contributed by atoms with E-state index >= 15 is 0 Å². The molecule has 18 heavy (non-hydrogen) atoms. The van der Waals surface area contributed by atoms with E-state index in [1.165, 1.54) is 6.20 Å². The Bertz CT molecular complexity index is 455. The smallest absolute Gasteiger partial charge is 0.306 e. The molecule has 2 unspecified atom stereocenters. The van der Waals surface area contributed by atoms with Crippen LogP contribution in [0.1, 0.15) is 41.8 Å². The fourth-order valence-corrected chi connectivity index (χ4v) is 2.33. The maximum atomic E-state index is 11.9. The monoisotopic (exact) mass is 252 g/mol. The molecule has 1 heterocycles. The van der Waals surface area contributed by atoms with Crippen molar-refractivity contribution in [1.29, 1.82) is 0 Å². The Morgan fingerprint density at radius 2 is 2.28 bits per heavy atom. The highest BCUT2D eigenvalue weighted by atomic mass is 16.5. The Morgan fingerprint density at radius 3 is 2.89 bits per heavy atom. The van der Waals surface area contributed by atoms with Gasteiger partial charge in [-0.25, -0.2) is 0 Å². The number of rotatable bonds is 3. The summed E-state index contributed by atoms with van der Waals surface area (Å²) < 4.78 is 4.83. The summed E-state index contributed by atoms with van der Waals surface area (Å²) in [6.45, 7) is 1.67. The number of carboxylic acids is 1. The molecule has 1 aliphatic carbocycles. The number of carbonyl (C=O) groups excluding carboxylic acids is 1. The molecule has 6 nitrogen and oxygen atoms in total. The molecule has 6 heteroatoms. The number of aromatic nitrogens is 1. The first-order valence-corrected chi connectivity index (χ1v) is 6.03. The van der Waals surface area contributed by atoms with Gasteiger partial charge in [-0.05, 0) is 26.2 Å². The summed E-state index contributed by atoms with van der Waals surface area (Å²) in [4.78, 5) is 22.8. The average Bonchev–Trinajstić information content (AvgIpc) is 2.76. The number of aliphatic carboxylic acids is 1. The zero-order valence-corrected chi connectivity index (χ0v) is 10.2. The Hall–Kier alpha value is -1.85. The van der Waals surface area contributed by atoms with E-state index in [9.17, 15) is 9.59 Å². The first-order valence-electron chi connectivity index (χ1n) is 6.03. The van der Waals surface area contributed by atoms with E-state index in [1.807, 2.05) is 0 Å². The van der Waals surface area contributed by atoms with Gasteiger partial charge in [-0.2, -0.15) is 0 Å². The fraction of sp³-hybridized carbons (Fsp3) is 0.583. The van der Waals surface area contributed by atoms with Crippen molar-refractivity contribution in [2.24, 2.45) is 5.92 Å². The molecule has 2 atom stereocenters. The van der Waals surface area contributed by atoms with Crippen LogP contribution in [0.3, 0.4) is 0 Å². The molecule has 0 aromatic carbocycles. The van der Waals surface area contributed by atoms with Gasteiger partial charge in [0.25, 0.3) is 5.91 Å². The summed E-state index contributed by atoms with van der Waals surface area (Å²) in [5.74, 6) is -0.911. The van der Waals surface area contributed by atoms with E-state index in [1.54, 1.807) is 6.92 Å². The van der Waals surface area contributed by atoms with Gasteiger partial charge < -0.3 is 14.9 Å². The van der Waals surface area contributed by atoms with Gasteiger partial charge in [-0.1, -0.05) is 11.6 Å². The van der Waals surface area contributed by atoms with Gasteiger partial charge in [0.1, 0.15) is 11.3 Å². The van der Waals surface area contributed by atoms with Gasteiger partial charge in [0, 0.05) is 6.04 Å². The van der Waals surface area contributed by atoms with Crippen LogP contribution in [-0.2, 0) is 4.79 Å². The van der Waals surface area contributed by atoms with Crippen LogP contribution in [0.5, 0.6) is 0 Å². The molecule has 2 rings (SSSR count). The number of carboxylic acid groups (broad SMARTS) is 1. The zero-order chi connectivity index (χ0) is 13.1. The lowest BCUT2D eigenvalue weighted by molar-refractivity contribution is -0.143. The molecule has 98 valence electrons. The lowest BCUT2D eigenvalue weighted by Crippen LogP contribution is -2.40. The summed E-state index contributed by atoms with van der Waals surface area (Å²) in [7, 11) is 0. The van der Waals surface area contributed by atoms with Crippen molar-refractivity contribution in [3.05, 3.63) is 17.5 Å². The van der Waals surface area contributed by atoms with Gasteiger partial charge in [0.2, 0.25) is 0 Å². The predicted octanol–water partition coefficient (Wildman–Crippen LogP) is 1.36. The van der Waals surface area contributed by atoms with Crippen LogP contribution in [-0.4, -0.2) is 28.2 Å². The van der Waals surface area contributed by atoms with Crippen LogP contribution in [0.25, 0.3) is 0 Å². The third kappa shape index (κ3) is 2.69. The minimum atomic E-state index is -0.782. The largest absolute Gasteiger partial charge is 0.481 e. The first kappa shape index (κ1) is 12.6. The number of aryl methyl sites for hydroxylation is 1. The number of hydrogen-bond acceptors (Lipinski definition) is 4. The van der Waals surface area contributed by atoms with Crippen molar-refractivity contribution >= 4 is 11.9 Å². The molecule has 1 aromatic rings. The summed E-state index contributed by atoms with van der Waals surface area (Å²) in [6.07, 6.45) is 4.20. The molecule has 0 saturated heterocycles. The Balaban J connectivity index is 1.95. The maximum Gasteiger partial charge on any atom is 0.306 e. The summed E-state index contributed by atoms with van der Waals surface area (Å²) in [6, 6.07) is -0.0818. The number of amides is 1. The third-order valence-electron chi connectivity index (χ3n) is 3.35. The second-order valence-electron chi connectivity index (χ2n) is 4.67. The Labute approximate surface area is 104 Å². The summed E-state index contributed by atoms with van der Waals surface area (Å²) in [5.41, 5.74) is 0.410. The minimum absolute atomic E-state index is 0.0818. The number of nitrogens with one attached hydrogen (secondary N) is 1. The SMILES string of the molecule is Cc1oncc1C(=O)NC1CCCC(C(=O)O)C1. The lowest BCUT2D eigenvalue weighted by atomic mass is 9.85. The molecule has 0 bridgehead atoms. The van der Waals surface area contributed by atoms with Crippen LogP contribution in [0, 0.1) is 12.8 Å². The highest BCUT2D eigenvalue weighted by molar-refractivity contribution is 5.94. The highest BCUT2D eigenvalue weighted by Crippen LogP contribution is 2.24. The van der Waals surface area contributed by atoms with E-state index in [2.05, 4.69) is 10.5 Å². The van der Waals surface area contributed by atoms with Crippen molar-refractivity contribution < 1.29 is 19.2 Å². The maximum absolute atomic E-state index is 11.9. The van der Waals surface area contributed by atoms with Crippen molar-refractivity contribution in [2.45, 2.75) is 38.6 Å². The fourth-order valence-electron chi connectivity index (χ4n) is 2.33. The molecule has 1 aliphatic rings. The van der Waals surface area contributed by atoms with Crippen LogP contribution in [0.4, 0.5) is 0 Å². The molecule has 1 fully saturated rings. The van der Waals surface area contributed by atoms with Gasteiger partial charge in [0.05, 0.1) is 12.1 Å².